The van der Waals surface area contributed by atoms with Crippen LogP contribution in [0.25, 0.3) is 0 Å². The number of anilines is 1. The maximum absolute atomic E-state index is 12.4. The van der Waals surface area contributed by atoms with Crippen LogP contribution in [0.4, 0.5) is 5.69 Å². The van der Waals surface area contributed by atoms with Crippen LogP contribution in [0, 0.1) is 0 Å². The van der Waals surface area contributed by atoms with E-state index in [0.717, 1.165) is 30.5 Å². The molecular formula is C19H21ClN2O3S. The zero-order valence-electron chi connectivity index (χ0n) is 14.5. The molecule has 26 heavy (non-hydrogen) atoms. The second-order valence-electron chi connectivity index (χ2n) is 6.40. The van der Waals surface area contributed by atoms with Crippen LogP contribution in [0.2, 0.25) is 5.02 Å². The first-order valence-corrected chi connectivity index (χ1v) is 10.4. The Morgan fingerprint density at radius 2 is 1.85 bits per heavy atom. The van der Waals surface area contributed by atoms with Crippen LogP contribution >= 0.6 is 11.6 Å². The molecule has 0 fully saturated rings. The molecule has 0 atom stereocenters. The van der Waals surface area contributed by atoms with E-state index in [1.807, 2.05) is 24.3 Å². The Kier molecular flexibility index (Phi) is 5.65. The van der Waals surface area contributed by atoms with Crippen molar-refractivity contribution in [1.82, 2.24) is 4.72 Å². The van der Waals surface area contributed by atoms with Crippen LogP contribution in [0.3, 0.4) is 0 Å². The first-order valence-electron chi connectivity index (χ1n) is 8.50. The minimum Gasteiger partial charge on any atom is -0.315 e. The summed E-state index contributed by atoms with van der Waals surface area (Å²) in [7, 11) is -1.87. The topological polar surface area (TPSA) is 66.5 Å². The molecule has 0 aliphatic carbocycles. The van der Waals surface area contributed by atoms with Crippen molar-refractivity contribution >= 4 is 33.2 Å². The molecule has 0 bridgehead atoms. The summed E-state index contributed by atoms with van der Waals surface area (Å²) in [6, 6.07) is 12.5. The van der Waals surface area contributed by atoms with Gasteiger partial charge < -0.3 is 4.90 Å². The maximum Gasteiger partial charge on any atom is 0.240 e. The minimum absolute atomic E-state index is 0.0234. The lowest BCUT2D eigenvalue weighted by Gasteiger charge is -2.11. The van der Waals surface area contributed by atoms with Crippen molar-refractivity contribution in [3.05, 3.63) is 58.6 Å². The third-order valence-electron chi connectivity index (χ3n) is 4.54. The molecule has 0 saturated heterocycles. The number of hydrogen-bond donors (Lipinski definition) is 1. The van der Waals surface area contributed by atoms with E-state index < -0.39 is 10.0 Å². The first-order chi connectivity index (χ1) is 12.4. The lowest BCUT2D eigenvalue weighted by molar-refractivity contribution is -0.117. The average Bonchev–Trinajstić information content (AvgIpc) is 2.90. The third-order valence-corrected chi connectivity index (χ3v) is 6.25. The van der Waals surface area contributed by atoms with Crippen LogP contribution in [-0.4, -0.2) is 27.9 Å². The fraction of sp³-hybridized carbons (Fsp3) is 0.316. The quantitative estimate of drug-likeness (QED) is 0.736. The Labute approximate surface area is 159 Å². The van der Waals surface area contributed by atoms with Gasteiger partial charge in [0.2, 0.25) is 15.9 Å². The standard InChI is InChI=1S/C19H21ClN2O3S/c1-22-18-10-9-17(12-15(18)13-19(22)23)26(24,25)21-11-3-2-4-14-5-7-16(20)8-6-14/h5-10,12,21H,2-4,11,13H2,1H3. The normalized spacial score (nSPS) is 13.9. The summed E-state index contributed by atoms with van der Waals surface area (Å²) in [6.07, 6.45) is 2.75. The molecule has 0 spiro atoms. The summed E-state index contributed by atoms with van der Waals surface area (Å²) in [5.74, 6) is -0.0234. The molecule has 1 N–H and O–H groups in total. The number of hydrogen-bond acceptors (Lipinski definition) is 3. The summed E-state index contributed by atoms with van der Waals surface area (Å²) in [4.78, 5) is 13.5. The number of likely N-dealkylation sites (N-methyl/N-ethyl adjacent to an activating group) is 1. The molecule has 5 nitrogen and oxygen atoms in total. The number of carbonyl (C=O) groups is 1. The van der Waals surface area contributed by atoms with Gasteiger partial charge in [0.15, 0.2) is 0 Å². The number of benzene rings is 2. The zero-order valence-corrected chi connectivity index (χ0v) is 16.1. The Hall–Kier alpha value is -1.89. The van der Waals surface area contributed by atoms with Gasteiger partial charge in [0, 0.05) is 24.3 Å². The summed E-state index contributed by atoms with van der Waals surface area (Å²) in [6.45, 7) is 0.381. The van der Waals surface area contributed by atoms with Gasteiger partial charge in [-0.05, 0) is 60.7 Å². The zero-order chi connectivity index (χ0) is 18.7. The molecule has 1 amide bonds. The average molecular weight is 393 g/mol. The summed E-state index contributed by atoms with van der Waals surface area (Å²) < 4.78 is 27.5. The minimum atomic E-state index is -3.56. The van der Waals surface area contributed by atoms with E-state index in [9.17, 15) is 13.2 Å². The molecule has 138 valence electrons. The summed E-state index contributed by atoms with van der Waals surface area (Å²) in [5.41, 5.74) is 2.71. The second kappa shape index (κ2) is 7.78. The lowest BCUT2D eigenvalue weighted by Crippen LogP contribution is -2.25. The fourth-order valence-electron chi connectivity index (χ4n) is 3.01. The van der Waals surface area contributed by atoms with Crippen molar-refractivity contribution in [2.24, 2.45) is 0 Å². The number of rotatable bonds is 7. The van der Waals surface area contributed by atoms with E-state index in [1.165, 1.54) is 5.56 Å². The van der Waals surface area contributed by atoms with Gasteiger partial charge >= 0.3 is 0 Å². The van der Waals surface area contributed by atoms with Crippen LogP contribution in [-0.2, 0) is 27.7 Å². The number of amides is 1. The van der Waals surface area contributed by atoms with E-state index in [4.69, 9.17) is 11.6 Å². The SMILES string of the molecule is CN1C(=O)Cc2cc(S(=O)(=O)NCCCCc3ccc(Cl)cc3)ccc21. The van der Waals surface area contributed by atoms with E-state index >= 15 is 0 Å². The van der Waals surface area contributed by atoms with Gasteiger partial charge in [0.25, 0.3) is 0 Å². The molecule has 1 aliphatic rings. The van der Waals surface area contributed by atoms with Crippen molar-refractivity contribution in [2.75, 3.05) is 18.5 Å². The summed E-state index contributed by atoms with van der Waals surface area (Å²) in [5, 5.41) is 0.712. The maximum atomic E-state index is 12.4. The van der Waals surface area contributed by atoms with E-state index in [0.29, 0.717) is 11.6 Å². The molecule has 0 saturated carbocycles. The third kappa shape index (κ3) is 4.26. The van der Waals surface area contributed by atoms with Crippen LogP contribution in [0.5, 0.6) is 0 Å². The molecule has 0 radical (unpaired) electrons. The number of halogens is 1. The molecular weight excluding hydrogens is 372 g/mol. The molecule has 1 aliphatic heterocycles. The predicted molar refractivity (Wildman–Crippen MR) is 103 cm³/mol. The molecule has 2 aromatic carbocycles. The van der Waals surface area contributed by atoms with Crippen molar-refractivity contribution in [2.45, 2.75) is 30.6 Å². The molecule has 2 aromatic rings. The number of fused-ring (bicyclic) bond motifs is 1. The summed E-state index contributed by atoms with van der Waals surface area (Å²) >= 11 is 5.86. The van der Waals surface area contributed by atoms with Gasteiger partial charge in [0.1, 0.15) is 0 Å². The van der Waals surface area contributed by atoms with E-state index in [2.05, 4.69) is 4.72 Å². The molecule has 1 heterocycles. The number of aryl methyl sites for hydroxylation is 1. The number of sulfonamides is 1. The number of nitrogens with one attached hydrogen (secondary N) is 1. The second-order valence-corrected chi connectivity index (χ2v) is 8.60. The highest BCUT2D eigenvalue weighted by atomic mass is 35.5. The van der Waals surface area contributed by atoms with Crippen molar-refractivity contribution in [1.29, 1.82) is 0 Å². The van der Waals surface area contributed by atoms with Gasteiger partial charge in [0.05, 0.1) is 11.3 Å². The van der Waals surface area contributed by atoms with Crippen LogP contribution < -0.4 is 9.62 Å². The van der Waals surface area contributed by atoms with Gasteiger partial charge in [-0.1, -0.05) is 23.7 Å². The smallest absolute Gasteiger partial charge is 0.240 e. The van der Waals surface area contributed by atoms with Gasteiger partial charge in [-0.15, -0.1) is 0 Å². The monoisotopic (exact) mass is 392 g/mol. The van der Waals surface area contributed by atoms with Crippen LogP contribution in [0.1, 0.15) is 24.0 Å². The van der Waals surface area contributed by atoms with Crippen LogP contribution in [0.15, 0.2) is 47.4 Å². The molecule has 3 rings (SSSR count). The number of carbonyl (C=O) groups excluding carboxylic acids is 1. The van der Waals surface area contributed by atoms with E-state index in [1.54, 1.807) is 30.1 Å². The Morgan fingerprint density at radius 1 is 1.12 bits per heavy atom. The van der Waals surface area contributed by atoms with Crippen molar-refractivity contribution in [3.8, 4) is 0 Å². The highest BCUT2D eigenvalue weighted by Gasteiger charge is 2.26. The Morgan fingerprint density at radius 3 is 2.58 bits per heavy atom. The molecule has 0 unspecified atom stereocenters. The molecule has 0 aromatic heterocycles. The van der Waals surface area contributed by atoms with Crippen molar-refractivity contribution in [3.63, 3.8) is 0 Å². The molecule has 7 heteroatoms. The number of nitrogens with zero attached hydrogens (tertiary/aromatic N) is 1. The highest BCUT2D eigenvalue weighted by Crippen LogP contribution is 2.29. The van der Waals surface area contributed by atoms with Crippen molar-refractivity contribution < 1.29 is 13.2 Å². The van der Waals surface area contributed by atoms with E-state index in [-0.39, 0.29) is 17.2 Å². The van der Waals surface area contributed by atoms with Gasteiger partial charge in [-0.25, -0.2) is 13.1 Å². The van der Waals surface area contributed by atoms with Gasteiger partial charge in [-0.2, -0.15) is 0 Å². The fourth-order valence-corrected chi connectivity index (χ4v) is 4.26. The Bertz CT molecular complexity index is 911. The number of unbranched alkanes of at least 4 members (excludes halogenated alkanes) is 1. The van der Waals surface area contributed by atoms with Gasteiger partial charge in [-0.3, -0.25) is 4.79 Å². The highest BCUT2D eigenvalue weighted by molar-refractivity contribution is 7.89. The largest absolute Gasteiger partial charge is 0.315 e. The lowest BCUT2D eigenvalue weighted by atomic mass is 10.1. The Balaban J connectivity index is 1.52. The predicted octanol–water partition coefficient (Wildman–Crippen LogP) is 3.16. The first kappa shape index (κ1) is 18.9.